The molecule has 1 unspecified atom stereocenters. The second-order valence-electron chi connectivity index (χ2n) is 9.90. The average Bonchev–Trinajstić information content (AvgIpc) is 3.12. The third kappa shape index (κ3) is 4.21. The van der Waals surface area contributed by atoms with Gasteiger partial charge in [-0.15, -0.1) is 0 Å². The smallest absolute Gasteiger partial charge is 0.272 e. The van der Waals surface area contributed by atoms with Gasteiger partial charge in [0.25, 0.3) is 5.92 Å². The minimum absolute atomic E-state index is 0.184. The summed E-state index contributed by atoms with van der Waals surface area (Å²) in [6.07, 6.45) is 1.68. The fourth-order valence-electron chi connectivity index (χ4n) is 5.32. The maximum atomic E-state index is 15.4. The fraction of sp³-hybridized carbons (Fsp3) is 0.542. The van der Waals surface area contributed by atoms with Gasteiger partial charge in [0.05, 0.1) is 48.5 Å². The van der Waals surface area contributed by atoms with Crippen molar-refractivity contribution in [3.63, 3.8) is 0 Å². The lowest BCUT2D eigenvalue weighted by Gasteiger charge is -2.39. The lowest BCUT2D eigenvalue weighted by atomic mass is 9.86. The summed E-state index contributed by atoms with van der Waals surface area (Å²) >= 11 is 6.56. The van der Waals surface area contributed by atoms with E-state index in [1.165, 1.54) is 10.9 Å². The van der Waals surface area contributed by atoms with Crippen molar-refractivity contribution in [1.82, 2.24) is 24.6 Å². The number of alkyl halides is 3. The third-order valence-corrected chi connectivity index (χ3v) is 7.87. The summed E-state index contributed by atoms with van der Waals surface area (Å²) in [5, 5.41) is 18.4. The Kier molecular flexibility index (Phi) is 5.86. The molecule has 192 valence electrons. The topological polar surface area (TPSA) is 88.3 Å². The van der Waals surface area contributed by atoms with E-state index in [2.05, 4.69) is 20.4 Å². The molecule has 0 amide bonds. The van der Waals surface area contributed by atoms with Crippen LogP contribution < -0.4 is 5.32 Å². The number of anilines is 2. The molecule has 8 nitrogen and oxygen atoms in total. The number of ether oxygens (including phenoxy) is 1. The van der Waals surface area contributed by atoms with Gasteiger partial charge in [-0.3, -0.25) is 9.58 Å². The van der Waals surface area contributed by atoms with Gasteiger partial charge in [-0.25, -0.2) is 23.1 Å². The molecule has 0 spiro atoms. The molecule has 6 rings (SSSR count). The van der Waals surface area contributed by atoms with Crippen molar-refractivity contribution in [3.8, 4) is 0 Å². The van der Waals surface area contributed by atoms with E-state index in [1.54, 1.807) is 25.3 Å². The number of rotatable bonds is 5. The summed E-state index contributed by atoms with van der Waals surface area (Å²) in [5.41, 5.74) is 2.40. The van der Waals surface area contributed by atoms with E-state index in [0.717, 1.165) is 0 Å². The number of aliphatic hydroxyl groups is 1. The molecule has 3 aliphatic rings. The summed E-state index contributed by atoms with van der Waals surface area (Å²) < 4.78 is 49.0. The van der Waals surface area contributed by atoms with Crippen LogP contribution in [-0.2, 0) is 4.74 Å². The molecule has 1 aliphatic carbocycles. The largest absolute Gasteiger partial charge is 0.389 e. The first kappa shape index (κ1) is 23.9. The quantitative estimate of drug-likeness (QED) is 0.523. The van der Waals surface area contributed by atoms with E-state index in [-0.39, 0.29) is 31.6 Å². The molecule has 1 saturated carbocycles. The van der Waals surface area contributed by atoms with Crippen molar-refractivity contribution >= 4 is 34.1 Å². The van der Waals surface area contributed by atoms with E-state index in [0.29, 0.717) is 52.4 Å². The zero-order valence-electron chi connectivity index (χ0n) is 19.5. The van der Waals surface area contributed by atoms with Crippen LogP contribution in [0.1, 0.15) is 36.1 Å². The molecule has 36 heavy (non-hydrogen) atoms. The summed E-state index contributed by atoms with van der Waals surface area (Å²) in [6.45, 7) is 3.23. The Morgan fingerprint density at radius 1 is 1.25 bits per heavy atom. The standard InChI is InChI=1S/C24H26ClF3N6O2/c1-12-19(8-30-34(12)22-6-24(22,27)28)32-23-29-7-13-4-16(25)15(5-18(13)31-23)14-2-3-33(9-17(14)26)20-10-36-11-21(20)35/h4-5,7-8,14,17,20-22,35H,2-3,6,9-11H2,1H3,(H,29,31,32)/t14-,17+,20-,21+,22?/m0/s1. The second-order valence-corrected chi connectivity index (χ2v) is 10.3. The number of hydrogen-bond acceptors (Lipinski definition) is 7. The maximum absolute atomic E-state index is 15.4. The Hall–Kier alpha value is -2.47. The van der Waals surface area contributed by atoms with Crippen molar-refractivity contribution < 1.29 is 23.0 Å². The number of hydrogen-bond donors (Lipinski definition) is 2. The SMILES string of the molecule is Cc1c(Nc2ncc3cc(Cl)c([C@@H]4CCN([C@H]5COC[C@H]5O)C[C@H]4F)cc3n2)cnn1C1CC1(F)F. The predicted octanol–water partition coefficient (Wildman–Crippen LogP) is 4.00. The number of halogens is 4. The van der Waals surface area contributed by atoms with Crippen LogP contribution in [0.5, 0.6) is 0 Å². The summed E-state index contributed by atoms with van der Waals surface area (Å²) in [4.78, 5) is 10.8. The normalized spacial score (nSPS) is 30.1. The van der Waals surface area contributed by atoms with Gasteiger partial charge in [0.2, 0.25) is 5.95 Å². The van der Waals surface area contributed by atoms with Gasteiger partial charge in [-0.05, 0) is 37.6 Å². The highest BCUT2D eigenvalue weighted by molar-refractivity contribution is 6.32. The Balaban J connectivity index is 1.22. The Morgan fingerprint density at radius 3 is 2.75 bits per heavy atom. The molecular formula is C24H26ClF3N6O2. The molecule has 3 fully saturated rings. The van der Waals surface area contributed by atoms with Crippen LogP contribution in [0.3, 0.4) is 0 Å². The molecule has 2 aromatic heterocycles. The molecule has 4 heterocycles. The zero-order chi connectivity index (χ0) is 25.2. The maximum Gasteiger partial charge on any atom is 0.272 e. The summed E-state index contributed by atoms with van der Waals surface area (Å²) in [6, 6.07) is 2.44. The van der Waals surface area contributed by atoms with Gasteiger partial charge in [-0.1, -0.05) is 11.6 Å². The van der Waals surface area contributed by atoms with Crippen LogP contribution in [0, 0.1) is 6.92 Å². The lowest BCUT2D eigenvalue weighted by Crippen LogP contribution is -2.50. The van der Waals surface area contributed by atoms with Crippen molar-refractivity contribution in [2.24, 2.45) is 0 Å². The van der Waals surface area contributed by atoms with Crippen molar-refractivity contribution in [3.05, 3.63) is 40.8 Å². The van der Waals surface area contributed by atoms with E-state index in [1.807, 2.05) is 4.90 Å². The Morgan fingerprint density at radius 2 is 2.06 bits per heavy atom. The van der Waals surface area contributed by atoms with Gasteiger partial charge in [0.1, 0.15) is 12.2 Å². The molecule has 3 aromatic rings. The number of aromatic nitrogens is 4. The lowest BCUT2D eigenvalue weighted by molar-refractivity contribution is 0.0353. The first-order chi connectivity index (χ1) is 17.2. The van der Waals surface area contributed by atoms with Crippen LogP contribution in [0.15, 0.2) is 24.5 Å². The molecule has 1 aromatic carbocycles. The number of likely N-dealkylation sites (tertiary alicyclic amines) is 1. The highest BCUT2D eigenvalue weighted by atomic mass is 35.5. The number of benzene rings is 1. The third-order valence-electron chi connectivity index (χ3n) is 7.54. The highest BCUT2D eigenvalue weighted by Gasteiger charge is 2.59. The van der Waals surface area contributed by atoms with Gasteiger partial charge in [0.15, 0.2) is 0 Å². The fourth-order valence-corrected chi connectivity index (χ4v) is 5.63. The van der Waals surface area contributed by atoms with E-state index in [4.69, 9.17) is 16.3 Å². The second kappa shape index (κ2) is 8.83. The molecule has 2 aliphatic heterocycles. The van der Waals surface area contributed by atoms with E-state index >= 15 is 4.39 Å². The molecule has 12 heteroatoms. The summed E-state index contributed by atoms with van der Waals surface area (Å²) in [5.74, 6) is -2.84. The number of piperidine rings is 1. The predicted molar refractivity (Wildman–Crippen MR) is 128 cm³/mol. The Bertz CT molecular complexity index is 1310. The number of nitrogens with one attached hydrogen (secondary N) is 1. The molecule has 2 N–H and O–H groups in total. The minimum Gasteiger partial charge on any atom is -0.389 e. The number of nitrogens with zero attached hydrogens (tertiary/aromatic N) is 5. The van der Waals surface area contributed by atoms with Crippen LogP contribution in [0.4, 0.5) is 24.8 Å². The molecular weight excluding hydrogens is 497 g/mol. The van der Waals surface area contributed by atoms with Crippen LogP contribution >= 0.6 is 11.6 Å². The molecule has 0 radical (unpaired) electrons. The molecule has 0 bridgehead atoms. The average molecular weight is 523 g/mol. The number of fused-ring (bicyclic) bond motifs is 1. The van der Waals surface area contributed by atoms with Crippen LogP contribution in [-0.4, -0.2) is 80.3 Å². The van der Waals surface area contributed by atoms with E-state index in [9.17, 15) is 13.9 Å². The molecule has 2 saturated heterocycles. The van der Waals surface area contributed by atoms with Gasteiger partial charge in [-0.2, -0.15) is 5.10 Å². The van der Waals surface area contributed by atoms with Gasteiger partial charge >= 0.3 is 0 Å². The van der Waals surface area contributed by atoms with Gasteiger partial charge in [0, 0.05) is 35.5 Å². The Labute approximate surface area is 210 Å². The van der Waals surface area contributed by atoms with Crippen molar-refractivity contribution in [2.75, 3.05) is 31.6 Å². The summed E-state index contributed by atoms with van der Waals surface area (Å²) in [7, 11) is 0. The van der Waals surface area contributed by atoms with Crippen molar-refractivity contribution in [1.29, 1.82) is 0 Å². The first-order valence-corrected chi connectivity index (χ1v) is 12.4. The number of aliphatic hydroxyl groups excluding tert-OH is 1. The monoisotopic (exact) mass is 522 g/mol. The highest BCUT2D eigenvalue weighted by Crippen LogP contribution is 2.53. The van der Waals surface area contributed by atoms with Crippen LogP contribution in [0.25, 0.3) is 10.9 Å². The minimum atomic E-state index is -2.72. The van der Waals surface area contributed by atoms with Gasteiger partial charge < -0.3 is 15.2 Å². The van der Waals surface area contributed by atoms with E-state index < -0.39 is 30.2 Å². The first-order valence-electron chi connectivity index (χ1n) is 12.0. The zero-order valence-corrected chi connectivity index (χ0v) is 20.3. The van der Waals surface area contributed by atoms with Crippen LogP contribution in [0.2, 0.25) is 5.02 Å². The molecule has 5 atom stereocenters. The van der Waals surface area contributed by atoms with Crippen molar-refractivity contribution in [2.45, 2.75) is 56.0 Å².